The van der Waals surface area contributed by atoms with Crippen LogP contribution in [-0.4, -0.2) is 90.7 Å². The molecule has 1 atom stereocenters. The molecule has 2 aliphatic rings. The zero-order chi connectivity index (χ0) is 20.8. The summed E-state index contributed by atoms with van der Waals surface area (Å²) in [5, 5.41) is 5.92. The molecule has 9 nitrogen and oxygen atoms in total. The molecule has 2 fully saturated rings. The second-order valence-electron chi connectivity index (χ2n) is 7.07. The molecule has 2 heterocycles. The molecule has 2 aliphatic heterocycles. The zero-order valence-corrected chi connectivity index (χ0v) is 16.7. The average Bonchev–Trinajstić information content (AvgIpc) is 2.70. The largest absolute Gasteiger partial charge is 0.353 e. The molecular formula is C19H24ClN5O4. The molecule has 0 saturated carbocycles. The minimum absolute atomic E-state index is 0.136. The van der Waals surface area contributed by atoms with Gasteiger partial charge in [0.15, 0.2) is 0 Å². The van der Waals surface area contributed by atoms with Gasteiger partial charge in [-0.05, 0) is 18.2 Å². The first kappa shape index (κ1) is 21.1. The van der Waals surface area contributed by atoms with Crippen molar-refractivity contribution in [2.75, 3.05) is 51.1 Å². The minimum atomic E-state index is -0.855. The highest BCUT2D eigenvalue weighted by Crippen LogP contribution is 2.17. The van der Waals surface area contributed by atoms with Gasteiger partial charge >= 0.3 is 0 Å². The van der Waals surface area contributed by atoms with Crippen molar-refractivity contribution >= 4 is 41.4 Å². The Morgan fingerprint density at radius 1 is 1.21 bits per heavy atom. The maximum atomic E-state index is 12.8. The van der Waals surface area contributed by atoms with E-state index in [0.717, 1.165) is 6.41 Å². The summed E-state index contributed by atoms with van der Waals surface area (Å²) >= 11 is 5.92. The van der Waals surface area contributed by atoms with Crippen LogP contribution in [0.25, 0.3) is 0 Å². The number of hydrogen-bond donors (Lipinski definition) is 2. The van der Waals surface area contributed by atoms with Crippen LogP contribution in [0.1, 0.15) is 6.42 Å². The topological polar surface area (TPSA) is 102 Å². The van der Waals surface area contributed by atoms with E-state index < -0.39 is 6.04 Å². The van der Waals surface area contributed by atoms with Crippen molar-refractivity contribution in [2.24, 2.45) is 0 Å². The number of nitrogens with zero attached hydrogens (tertiary/aromatic N) is 3. The molecule has 0 bridgehead atoms. The van der Waals surface area contributed by atoms with Crippen LogP contribution in [0.2, 0.25) is 5.02 Å². The van der Waals surface area contributed by atoms with Gasteiger partial charge in [-0.3, -0.25) is 24.1 Å². The second kappa shape index (κ2) is 9.71. The van der Waals surface area contributed by atoms with E-state index in [1.165, 1.54) is 4.90 Å². The van der Waals surface area contributed by atoms with Crippen LogP contribution in [-0.2, 0) is 19.2 Å². The predicted octanol–water partition coefficient (Wildman–Crippen LogP) is -0.230. The van der Waals surface area contributed by atoms with Crippen molar-refractivity contribution < 1.29 is 19.2 Å². The number of nitrogens with one attached hydrogen (secondary N) is 2. The van der Waals surface area contributed by atoms with Crippen LogP contribution in [0.5, 0.6) is 0 Å². The molecule has 2 N–H and O–H groups in total. The predicted molar refractivity (Wildman–Crippen MR) is 107 cm³/mol. The molecule has 3 rings (SSSR count). The maximum absolute atomic E-state index is 12.8. The number of anilines is 1. The molecule has 1 aromatic rings. The fourth-order valence-corrected chi connectivity index (χ4v) is 3.67. The van der Waals surface area contributed by atoms with Crippen LogP contribution < -0.4 is 10.6 Å². The first-order valence-electron chi connectivity index (χ1n) is 9.50. The quantitative estimate of drug-likeness (QED) is 0.618. The Hall–Kier alpha value is -2.65. The van der Waals surface area contributed by atoms with Gasteiger partial charge < -0.3 is 20.4 Å². The van der Waals surface area contributed by atoms with Crippen LogP contribution in [0.15, 0.2) is 24.3 Å². The molecule has 0 aromatic heterocycles. The maximum Gasteiger partial charge on any atom is 0.243 e. The molecule has 0 aliphatic carbocycles. The highest BCUT2D eigenvalue weighted by atomic mass is 35.5. The van der Waals surface area contributed by atoms with Crippen LogP contribution in [0, 0.1) is 0 Å². The van der Waals surface area contributed by atoms with Crippen molar-refractivity contribution in [3.63, 3.8) is 0 Å². The van der Waals surface area contributed by atoms with E-state index >= 15 is 0 Å². The molecule has 4 amide bonds. The molecule has 1 aromatic carbocycles. The zero-order valence-electron chi connectivity index (χ0n) is 16.0. The summed E-state index contributed by atoms with van der Waals surface area (Å²) in [4.78, 5) is 53.5. The van der Waals surface area contributed by atoms with Gasteiger partial charge in [0.1, 0.15) is 6.04 Å². The van der Waals surface area contributed by atoms with Gasteiger partial charge in [-0.1, -0.05) is 17.7 Å². The minimum Gasteiger partial charge on any atom is -0.353 e. The van der Waals surface area contributed by atoms with Gasteiger partial charge in [0.05, 0.1) is 13.0 Å². The third-order valence-corrected chi connectivity index (χ3v) is 5.29. The lowest BCUT2D eigenvalue weighted by Gasteiger charge is -2.37. The summed E-state index contributed by atoms with van der Waals surface area (Å²) in [6.07, 6.45) is 0.672. The van der Waals surface area contributed by atoms with Gasteiger partial charge in [0.2, 0.25) is 24.1 Å². The van der Waals surface area contributed by atoms with E-state index in [9.17, 15) is 19.2 Å². The Balaban J connectivity index is 1.59. The standard InChI is InChI=1S/C19H24ClN5O4/c20-14-2-1-3-15(10-14)22-17(27)11-16-19(29)21-4-5-25(16)18(28)12-23-6-8-24(13-26)9-7-23/h1-3,10,13,16H,4-9,11-12H2,(H,21,29)(H,22,27)/t16-/m0/s1. The normalized spacial score (nSPS) is 20.2. The monoisotopic (exact) mass is 421 g/mol. The second-order valence-corrected chi connectivity index (χ2v) is 7.51. The van der Waals surface area contributed by atoms with Crippen molar-refractivity contribution in [1.82, 2.24) is 20.0 Å². The number of carbonyl (C=O) groups excluding carboxylic acids is 4. The highest BCUT2D eigenvalue weighted by molar-refractivity contribution is 6.30. The van der Waals surface area contributed by atoms with E-state index in [1.54, 1.807) is 29.2 Å². The summed E-state index contributed by atoms with van der Waals surface area (Å²) in [5.41, 5.74) is 0.532. The number of rotatable bonds is 6. The molecule has 2 saturated heterocycles. The average molecular weight is 422 g/mol. The van der Waals surface area contributed by atoms with E-state index in [1.807, 2.05) is 4.90 Å². The van der Waals surface area contributed by atoms with Crippen LogP contribution in [0.3, 0.4) is 0 Å². The summed E-state index contributed by atoms with van der Waals surface area (Å²) < 4.78 is 0. The summed E-state index contributed by atoms with van der Waals surface area (Å²) in [7, 11) is 0. The first-order chi connectivity index (χ1) is 14.0. The summed E-state index contributed by atoms with van der Waals surface area (Å²) in [6.45, 7) is 3.22. The lowest BCUT2D eigenvalue weighted by molar-refractivity contribution is -0.145. The van der Waals surface area contributed by atoms with Gasteiger partial charge in [0, 0.05) is 50.0 Å². The Bertz CT molecular complexity index is 782. The van der Waals surface area contributed by atoms with E-state index in [2.05, 4.69) is 10.6 Å². The smallest absolute Gasteiger partial charge is 0.243 e. The van der Waals surface area contributed by atoms with E-state index in [4.69, 9.17) is 11.6 Å². The number of piperazine rings is 2. The number of hydrogen-bond acceptors (Lipinski definition) is 5. The number of carbonyl (C=O) groups is 4. The van der Waals surface area contributed by atoms with E-state index in [0.29, 0.717) is 50.0 Å². The van der Waals surface area contributed by atoms with Crippen molar-refractivity contribution in [3.8, 4) is 0 Å². The van der Waals surface area contributed by atoms with Gasteiger partial charge in [-0.2, -0.15) is 0 Å². The summed E-state index contributed by atoms with van der Waals surface area (Å²) in [6, 6.07) is 5.87. The Labute approximate surface area is 173 Å². The summed E-state index contributed by atoms with van der Waals surface area (Å²) in [5.74, 6) is -0.900. The fourth-order valence-electron chi connectivity index (χ4n) is 3.48. The number of benzene rings is 1. The molecule has 0 spiro atoms. The third-order valence-electron chi connectivity index (χ3n) is 5.05. The van der Waals surface area contributed by atoms with Crippen molar-refractivity contribution in [3.05, 3.63) is 29.3 Å². The molecular weight excluding hydrogens is 398 g/mol. The van der Waals surface area contributed by atoms with E-state index in [-0.39, 0.29) is 30.7 Å². The molecule has 10 heteroatoms. The molecule has 0 unspecified atom stereocenters. The Morgan fingerprint density at radius 3 is 2.66 bits per heavy atom. The van der Waals surface area contributed by atoms with Crippen LogP contribution >= 0.6 is 11.6 Å². The fraction of sp³-hybridized carbons (Fsp3) is 0.474. The molecule has 0 radical (unpaired) electrons. The lowest BCUT2D eigenvalue weighted by atomic mass is 10.1. The first-order valence-corrected chi connectivity index (χ1v) is 9.88. The number of amides is 4. The van der Waals surface area contributed by atoms with Crippen LogP contribution in [0.4, 0.5) is 5.69 Å². The SMILES string of the molecule is O=CN1CCN(CC(=O)N2CCNC(=O)[C@@H]2CC(=O)Nc2cccc(Cl)c2)CC1. The van der Waals surface area contributed by atoms with Crippen molar-refractivity contribution in [2.45, 2.75) is 12.5 Å². The van der Waals surface area contributed by atoms with Gasteiger partial charge in [-0.25, -0.2) is 0 Å². The van der Waals surface area contributed by atoms with Gasteiger partial charge in [0.25, 0.3) is 0 Å². The Morgan fingerprint density at radius 2 is 1.97 bits per heavy atom. The Kier molecular flexibility index (Phi) is 7.05. The number of halogens is 1. The third kappa shape index (κ3) is 5.68. The van der Waals surface area contributed by atoms with Gasteiger partial charge in [-0.15, -0.1) is 0 Å². The van der Waals surface area contributed by atoms with Crippen molar-refractivity contribution in [1.29, 1.82) is 0 Å². The lowest BCUT2D eigenvalue weighted by Crippen LogP contribution is -2.60. The molecule has 156 valence electrons. The molecule has 29 heavy (non-hydrogen) atoms. The highest BCUT2D eigenvalue weighted by Gasteiger charge is 2.35.